The van der Waals surface area contributed by atoms with E-state index in [1.54, 1.807) is 0 Å². The summed E-state index contributed by atoms with van der Waals surface area (Å²) in [5.74, 6) is -0.944. The van der Waals surface area contributed by atoms with E-state index in [9.17, 15) is 14.0 Å². The van der Waals surface area contributed by atoms with Gasteiger partial charge < -0.3 is 5.73 Å². The topological polar surface area (TPSA) is 63.4 Å². The lowest BCUT2D eigenvalue weighted by Gasteiger charge is -2.17. The highest BCUT2D eigenvalue weighted by Gasteiger charge is 2.31. The standard InChI is InChI=1S/C11H11FN2O2/c12-8-1-2-9(7(5-8)6-13)14-10(15)3-4-11(14)16/h1-2,5H,3-4,6,13H2. The fourth-order valence-corrected chi connectivity index (χ4v) is 1.78. The van der Waals surface area contributed by atoms with Gasteiger partial charge in [-0.3, -0.25) is 14.5 Å². The fraction of sp³-hybridized carbons (Fsp3) is 0.273. The first-order valence-electron chi connectivity index (χ1n) is 4.97. The maximum Gasteiger partial charge on any atom is 0.234 e. The van der Waals surface area contributed by atoms with E-state index in [-0.39, 0.29) is 31.2 Å². The van der Waals surface area contributed by atoms with E-state index in [4.69, 9.17) is 5.73 Å². The molecule has 0 atom stereocenters. The van der Waals surface area contributed by atoms with Gasteiger partial charge in [0.25, 0.3) is 0 Å². The molecule has 0 saturated carbocycles. The lowest BCUT2D eigenvalue weighted by molar-refractivity contribution is -0.121. The van der Waals surface area contributed by atoms with E-state index in [1.165, 1.54) is 18.2 Å². The number of rotatable bonds is 2. The molecule has 0 spiro atoms. The van der Waals surface area contributed by atoms with Gasteiger partial charge in [0.05, 0.1) is 5.69 Å². The molecule has 0 unspecified atom stereocenters. The van der Waals surface area contributed by atoms with E-state index < -0.39 is 5.82 Å². The third kappa shape index (κ3) is 1.69. The quantitative estimate of drug-likeness (QED) is 0.757. The number of nitrogens with two attached hydrogens (primary N) is 1. The molecule has 84 valence electrons. The van der Waals surface area contributed by atoms with Gasteiger partial charge in [-0.15, -0.1) is 0 Å². The summed E-state index contributed by atoms with van der Waals surface area (Å²) in [6, 6.07) is 3.88. The second-order valence-electron chi connectivity index (χ2n) is 3.60. The number of halogens is 1. The van der Waals surface area contributed by atoms with E-state index in [0.717, 1.165) is 4.90 Å². The number of amides is 2. The average molecular weight is 222 g/mol. The first-order chi connectivity index (χ1) is 7.63. The number of hydrogen-bond donors (Lipinski definition) is 1. The van der Waals surface area contributed by atoms with Crippen molar-refractivity contribution in [2.45, 2.75) is 19.4 Å². The minimum Gasteiger partial charge on any atom is -0.326 e. The summed E-state index contributed by atoms with van der Waals surface area (Å²) in [6.07, 6.45) is 0.417. The smallest absolute Gasteiger partial charge is 0.234 e. The molecule has 4 nitrogen and oxygen atoms in total. The molecule has 0 radical (unpaired) electrons. The average Bonchev–Trinajstić information content (AvgIpc) is 2.59. The van der Waals surface area contributed by atoms with Crippen LogP contribution in [0.25, 0.3) is 0 Å². The van der Waals surface area contributed by atoms with E-state index >= 15 is 0 Å². The van der Waals surface area contributed by atoms with Crippen molar-refractivity contribution in [1.82, 2.24) is 0 Å². The third-order valence-corrected chi connectivity index (χ3v) is 2.55. The summed E-state index contributed by atoms with van der Waals surface area (Å²) < 4.78 is 13.0. The Morgan fingerprint density at radius 1 is 1.25 bits per heavy atom. The van der Waals surface area contributed by atoms with Crippen LogP contribution in [-0.2, 0) is 16.1 Å². The largest absolute Gasteiger partial charge is 0.326 e. The molecule has 5 heteroatoms. The Morgan fingerprint density at radius 2 is 1.88 bits per heavy atom. The molecule has 16 heavy (non-hydrogen) atoms. The normalized spacial score (nSPS) is 16.0. The number of nitrogens with zero attached hydrogens (tertiary/aromatic N) is 1. The van der Waals surface area contributed by atoms with E-state index in [1.807, 2.05) is 0 Å². The zero-order chi connectivity index (χ0) is 11.7. The van der Waals surface area contributed by atoms with Crippen LogP contribution in [0.5, 0.6) is 0 Å². The number of hydrogen-bond acceptors (Lipinski definition) is 3. The minimum atomic E-state index is -0.428. The van der Waals surface area contributed by atoms with Crippen LogP contribution in [0.1, 0.15) is 18.4 Å². The number of anilines is 1. The summed E-state index contributed by atoms with van der Waals surface area (Å²) >= 11 is 0. The summed E-state index contributed by atoms with van der Waals surface area (Å²) in [6.45, 7) is 0.0875. The van der Waals surface area contributed by atoms with E-state index in [2.05, 4.69) is 0 Å². The molecule has 2 amide bonds. The highest BCUT2D eigenvalue weighted by atomic mass is 19.1. The minimum absolute atomic E-state index is 0.0875. The number of carbonyl (C=O) groups excluding carboxylic acids is 2. The molecule has 1 heterocycles. The van der Waals surface area contributed by atoms with Gasteiger partial charge >= 0.3 is 0 Å². The molecule has 0 aliphatic carbocycles. The Hall–Kier alpha value is -1.75. The summed E-state index contributed by atoms with van der Waals surface area (Å²) in [4.78, 5) is 24.1. The van der Waals surface area contributed by atoms with Gasteiger partial charge in [-0.05, 0) is 23.8 Å². The van der Waals surface area contributed by atoms with Crippen molar-refractivity contribution in [3.8, 4) is 0 Å². The van der Waals surface area contributed by atoms with E-state index in [0.29, 0.717) is 11.3 Å². The molecule has 1 aliphatic heterocycles. The number of imide groups is 1. The summed E-state index contributed by atoms with van der Waals surface area (Å²) in [7, 11) is 0. The lowest BCUT2D eigenvalue weighted by atomic mass is 10.1. The third-order valence-electron chi connectivity index (χ3n) is 2.55. The van der Waals surface area contributed by atoms with Gasteiger partial charge in [0.15, 0.2) is 0 Å². The van der Waals surface area contributed by atoms with Gasteiger partial charge in [0, 0.05) is 19.4 Å². The monoisotopic (exact) mass is 222 g/mol. The second kappa shape index (κ2) is 4.02. The maximum atomic E-state index is 13.0. The Morgan fingerprint density at radius 3 is 2.44 bits per heavy atom. The number of benzene rings is 1. The Labute approximate surface area is 91.8 Å². The summed E-state index contributed by atoms with van der Waals surface area (Å²) in [5.41, 5.74) is 6.32. The van der Waals surface area contributed by atoms with Crippen LogP contribution in [-0.4, -0.2) is 11.8 Å². The number of carbonyl (C=O) groups is 2. The lowest BCUT2D eigenvalue weighted by Crippen LogP contribution is -2.30. The molecule has 1 aromatic rings. The molecule has 1 aliphatic rings. The highest BCUT2D eigenvalue weighted by Crippen LogP contribution is 2.26. The Balaban J connectivity index is 2.47. The zero-order valence-electron chi connectivity index (χ0n) is 8.57. The molecular weight excluding hydrogens is 211 g/mol. The van der Waals surface area contributed by atoms with Gasteiger partial charge in [0.1, 0.15) is 5.82 Å². The molecule has 2 N–H and O–H groups in total. The second-order valence-corrected chi connectivity index (χ2v) is 3.60. The van der Waals surface area contributed by atoms with Crippen molar-refractivity contribution in [2.75, 3.05) is 4.90 Å². The van der Waals surface area contributed by atoms with Gasteiger partial charge in [-0.1, -0.05) is 0 Å². The van der Waals surface area contributed by atoms with Crippen LogP contribution in [0, 0.1) is 5.82 Å². The van der Waals surface area contributed by atoms with Gasteiger partial charge in [0.2, 0.25) is 11.8 Å². The Bertz CT molecular complexity index is 443. The van der Waals surface area contributed by atoms with Gasteiger partial charge in [-0.2, -0.15) is 0 Å². The molecule has 0 aromatic heterocycles. The van der Waals surface area contributed by atoms with Crippen LogP contribution in [0.2, 0.25) is 0 Å². The molecule has 1 fully saturated rings. The van der Waals surface area contributed by atoms with Crippen LogP contribution in [0.15, 0.2) is 18.2 Å². The van der Waals surface area contributed by atoms with Crippen LogP contribution < -0.4 is 10.6 Å². The van der Waals surface area contributed by atoms with Crippen molar-refractivity contribution < 1.29 is 14.0 Å². The molecule has 1 saturated heterocycles. The molecule has 2 rings (SSSR count). The highest BCUT2D eigenvalue weighted by molar-refractivity contribution is 6.20. The first kappa shape index (κ1) is 10.8. The fourth-order valence-electron chi connectivity index (χ4n) is 1.78. The van der Waals surface area contributed by atoms with Crippen LogP contribution >= 0.6 is 0 Å². The molecular formula is C11H11FN2O2. The van der Waals surface area contributed by atoms with Crippen molar-refractivity contribution >= 4 is 17.5 Å². The van der Waals surface area contributed by atoms with Gasteiger partial charge in [-0.25, -0.2) is 4.39 Å². The van der Waals surface area contributed by atoms with Crippen LogP contribution in [0.3, 0.4) is 0 Å². The Kier molecular flexibility index (Phi) is 2.70. The van der Waals surface area contributed by atoms with Crippen molar-refractivity contribution in [1.29, 1.82) is 0 Å². The first-order valence-corrected chi connectivity index (χ1v) is 4.97. The summed E-state index contributed by atoms with van der Waals surface area (Å²) in [5, 5.41) is 0. The van der Waals surface area contributed by atoms with Crippen molar-refractivity contribution in [3.63, 3.8) is 0 Å². The van der Waals surface area contributed by atoms with Crippen molar-refractivity contribution in [2.24, 2.45) is 5.73 Å². The molecule has 0 bridgehead atoms. The predicted molar refractivity (Wildman–Crippen MR) is 56.0 cm³/mol. The predicted octanol–water partition coefficient (Wildman–Crippen LogP) is 0.938. The zero-order valence-corrected chi connectivity index (χ0v) is 8.57. The SMILES string of the molecule is NCc1cc(F)ccc1N1C(=O)CCC1=O. The van der Waals surface area contributed by atoms with Crippen molar-refractivity contribution in [3.05, 3.63) is 29.6 Å². The molecule has 1 aromatic carbocycles. The van der Waals surface area contributed by atoms with Crippen LogP contribution in [0.4, 0.5) is 10.1 Å². The maximum absolute atomic E-state index is 13.0.